The summed E-state index contributed by atoms with van der Waals surface area (Å²) >= 11 is 6.96. The Labute approximate surface area is 124 Å². The smallest absolute Gasteiger partial charge is 0.120 e. The van der Waals surface area contributed by atoms with E-state index in [-0.39, 0.29) is 0 Å². The average Bonchev–Trinajstić information content (AvgIpc) is 2.45. The molecule has 0 fully saturated rings. The third-order valence-corrected chi connectivity index (χ3v) is 3.88. The Kier molecular flexibility index (Phi) is 5.26. The summed E-state index contributed by atoms with van der Waals surface area (Å²) in [5.41, 5.74) is 3.65. The molecular weight excluding hydrogens is 356 g/mol. The Morgan fingerprint density at radius 3 is 1.94 bits per heavy atom. The van der Waals surface area contributed by atoms with Gasteiger partial charge in [-0.15, -0.1) is 0 Å². The summed E-state index contributed by atoms with van der Waals surface area (Å²) in [4.78, 5) is 0. The summed E-state index contributed by atoms with van der Waals surface area (Å²) in [6.45, 7) is 0.605. The second-order valence-corrected chi connectivity index (χ2v) is 5.15. The molecule has 0 radical (unpaired) electrons. The standard InChI is InChI=1S/C15H14Br2O/c16-9-13-6-14(10-17)8-15(7-13)18-11-12-4-2-1-3-5-12/h1-8H,9-11H2. The van der Waals surface area contributed by atoms with Crippen molar-refractivity contribution in [3.8, 4) is 5.75 Å². The Morgan fingerprint density at radius 2 is 1.39 bits per heavy atom. The van der Waals surface area contributed by atoms with E-state index < -0.39 is 0 Å². The van der Waals surface area contributed by atoms with Crippen molar-refractivity contribution < 1.29 is 4.74 Å². The molecule has 0 aliphatic rings. The predicted molar refractivity (Wildman–Crippen MR) is 82.5 cm³/mol. The summed E-state index contributed by atoms with van der Waals surface area (Å²) in [6.07, 6.45) is 0. The van der Waals surface area contributed by atoms with Gasteiger partial charge in [-0.25, -0.2) is 0 Å². The topological polar surface area (TPSA) is 9.23 Å². The van der Waals surface area contributed by atoms with Gasteiger partial charge >= 0.3 is 0 Å². The molecule has 0 aliphatic heterocycles. The molecule has 0 saturated carbocycles. The van der Waals surface area contributed by atoms with Crippen LogP contribution in [0.1, 0.15) is 16.7 Å². The van der Waals surface area contributed by atoms with E-state index in [2.05, 4.69) is 62.2 Å². The Morgan fingerprint density at radius 1 is 0.778 bits per heavy atom. The molecule has 0 N–H and O–H groups in total. The quantitative estimate of drug-likeness (QED) is 0.669. The first-order chi connectivity index (χ1) is 8.81. The molecular formula is C15H14Br2O. The number of hydrogen-bond donors (Lipinski definition) is 0. The molecule has 0 atom stereocenters. The van der Waals surface area contributed by atoms with Gasteiger partial charge in [-0.05, 0) is 28.8 Å². The highest BCUT2D eigenvalue weighted by molar-refractivity contribution is 9.08. The predicted octanol–water partition coefficient (Wildman–Crippen LogP) is 5.06. The molecule has 0 aliphatic carbocycles. The fourth-order valence-corrected chi connectivity index (χ4v) is 2.35. The summed E-state index contributed by atoms with van der Waals surface area (Å²) in [5.74, 6) is 0.922. The normalized spacial score (nSPS) is 10.3. The third kappa shape index (κ3) is 3.85. The van der Waals surface area contributed by atoms with Crippen molar-refractivity contribution in [2.24, 2.45) is 0 Å². The van der Waals surface area contributed by atoms with E-state index in [9.17, 15) is 0 Å². The molecule has 94 valence electrons. The zero-order valence-electron chi connectivity index (χ0n) is 9.90. The first-order valence-corrected chi connectivity index (χ1v) is 7.97. The van der Waals surface area contributed by atoms with Gasteiger partial charge in [0.05, 0.1) is 0 Å². The fraction of sp³-hybridized carbons (Fsp3) is 0.200. The molecule has 2 aromatic rings. The molecule has 3 heteroatoms. The van der Waals surface area contributed by atoms with Crippen LogP contribution in [0, 0.1) is 0 Å². The van der Waals surface area contributed by atoms with E-state index in [1.54, 1.807) is 0 Å². The number of benzene rings is 2. The lowest BCUT2D eigenvalue weighted by atomic mass is 10.1. The molecule has 2 rings (SSSR count). The molecule has 0 saturated heterocycles. The van der Waals surface area contributed by atoms with Crippen LogP contribution >= 0.6 is 31.9 Å². The van der Waals surface area contributed by atoms with Crippen LogP contribution < -0.4 is 4.74 Å². The number of ether oxygens (including phenoxy) is 1. The van der Waals surface area contributed by atoms with Crippen molar-refractivity contribution in [3.05, 3.63) is 65.2 Å². The lowest BCUT2D eigenvalue weighted by Gasteiger charge is -2.09. The number of hydrogen-bond acceptors (Lipinski definition) is 1. The molecule has 1 nitrogen and oxygen atoms in total. The van der Waals surface area contributed by atoms with Crippen molar-refractivity contribution in [1.29, 1.82) is 0 Å². The maximum Gasteiger partial charge on any atom is 0.120 e. The number of rotatable bonds is 5. The van der Waals surface area contributed by atoms with Crippen LogP contribution in [0.5, 0.6) is 5.75 Å². The van der Waals surface area contributed by atoms with Crippen LogP contribution in [-0.2, 0) is 17.3 Å². The molecule has 0 bridgehead atoms. The molecule has 0 spiro atoms. The summed E-state index contributed by atoms with van der Waals surface area (Å²) in [7, 11) is 0. The first-order valence-electron chi connectivity index (χ1n) is 5.73. The van der Waals surface area contributed by atoms with Gasteiger partial charge in [0.15, 0.2) is 0 Å². The van der Waals surface area contributed by atoms with E-state index in [1.165, 1.54) is 16.7 Å². The van der Waals surface area contributed by atoms with E-state index in [0.29, 0.717) is 6.61 Å². The van der Waals surface area contributed by atoms with E-state index in [1.807, 2.05) is 18.2 Å². The van der Waals surface area contributed by atoms with Crippen LogP contribution in [-0.4, -0.2) is 0 Å². The minimum atomic E-state index is 0.605. The summed E-state index contributed by atoms with van der Waals surface area (Å²) < 4.78 is 5.84. The van der Waals surface area contributed by atoms with Gasteiger partial charge in [0.2, 0.25) is 0 Å². The van der Waals surface area contributed by atoms with Crippen molar-refractivity contribution in [2.45, 2.75) is 17.3 Å². The van der Waals surface area contributed by atoms with Gasteiger partial charge in [0.25, 0.3) is 0 Å². The van der Waals surface area contributed by atoms with Crippen LogP contribution in [0.4, 0.5) is 0 Å². The highest BCUT2D eigenvalue weighted by Gasteiger charge is 2.01. The van der Waals surface area contributed by atoms with E-state index in [4.69, 9.17) is 4.74 Å². The molecule has 0 amide bonds. The maximum atomic E-state index is 5.84. The van der Waals surface area contributed by atoms with Crippen LogP contribution in [0.15, 0.2) is 48.5 Å². The van der Waals surface area contributed by atoms with Crippen LogP contribution in [0.25, 0.3) is 0 Å². The van der Waals surface area contributed by atoms with Gasteiger partial charge in [-0.1, -0.05) is 68.3 Å². The van der Waals surface area contributed by atoms with E-state index >= 15 is 0 Å². The second-order valence-electron chi connectivity index (χ2n) is 4.03. The fourth-order valence-electron chi connectivity index (χ4n) is 1.71. The SMILES string of the molecule is BrCc1cc(CBr)cc(OCc2ccccc2)c1. The second kappa shape index (κ2) is 6.95. The van der Waals surface area contributed by atoms with Crippen molar-refractivity contribution >= 4 is 31.9 Å². The highest BCUT2D eigenvalue weighted by atomic mass is 79.9. The third-order valence-electron chi connectivity index (χ3n) is 2.58. The minimum absolute atomic E-state index is 0.605. The Hall–Kier alpha value is -0.800. The van der Waals surface area contributed by atoms with Gasteiger partial charge < -0.3 is 4.74 Å². The maximum absolute atomic E-state index is 5.84. The number of alkyl halides is 2. The zero-order chi connectivity index (χ0) is 12.8. The van der Waals surface area contributed by atoms with Gasteiger partial charge in [0.1, 0.15) is 12.4 Å². The largest absolute Gasteiger partial charge is 0.489 e. The average molecular weight is 370 g/mol. The monoisotopic (exact) mass is 368 g/mol. The number of halogens is 2. The lowest BCUT2D eigenvalue weighted by Crippen LogP contribution is -1.96. The molecule has 2 aromatic carbocycles. The van der Waals surface area contributed by atoms with E-state index in [0.717, 1.165) is 16.4 Å². The zero-order valence-corrected chi connectivity index (χ0v) is 13.1. The highest BCUT2D eigenvalue weighted by Crippen LogP contribution is 2.21. The molecule has 0 heterocycles. The van der Waals surface area contributed by atoms with Gasteiger partial charge in [-0.3, -0.25) is 0 Å². The van der Waals surface area contributed by atoms with Gasteiger partial charge in [-0.2, -0.15) is 0 Å². The minimum Gasteiger partial charge on any atom is -0.489 e. The van der Waals surface area contributed by atoms with Crippen molar-refractivity contribution in [3.63, 3.8) is 0 Å². The van der Waals surface area contributed by atoms with Crippen molar-refractivity contribution in [1.82, 2.24) is 0 Å². The molecule has 0 unspecified atom stereocenters. The first kappa shape index (κ1) is 13.6. The van der Waals surface area contributed by atoms with Gasteiger partial charge in [0, 0.05) is 10.7 Å². The summed E-state index contributed by atoms with van der Waals surface area (Å²) in [6, 6.07) is 16.5. The Bertz CT molecular complexity index is 475. The van der Waals surface area contributed by atoms with Crippen molar-refractivity contribution in [2.75, 3.05) is 0 Å². The molecule has 18 heavy (non-hydrogen) atoms. The van der Waals surface area contributed by atoms with Crippen LogP contribution in [0.2, 0.25) is 0 Å². The van der Waals surface area contributed by atoms with Crippen LogP contribution in [0.3, 0.4) is 0 Å². The summed E-state index contributed by atoms with van der Waals surface area (Å²) in [5, 5.41) is 1.69. The molecule has 0 aromatic heterocycles. The lowest BCUT2D eigenvalue weighted by molar-refractivity contribution is 0.306. The Balaban J connectivity index is 2.09.